The maximum atomic E-state index is 12.1. The Bertz CT molecular complexity index is 565. The van der Waals surface area contributed by atoms with Crippen LogP contribution in [0.15, 0.2) is 11.1 Å². The number of hydrogen-bond donors (Lipinski definition) is 2. The largest absolute Gasteiger partial charge is 0.481 e. The van der Waals surface area contributed by atoms with E-state index in [0.29, 0.717) is 13.2 Å². The molecule has 0 fully saturated rings. The van der Waals surface area contributed by atoms with E-state index in [1.54, 1.807) is 0 Å². The van der Waals surface area contributed by atoms with Crippen LogP contribution < -0.4 is 0 Å². The van der Waals surface area contributed by atoms with Gasteiger partial charge in [-0.15, -0.1) is 0 Å². The van der Waals surface area contributed by atoms with Gasteiger partial charge in [0.2, 0.25) is 0 Å². The van der Waals surface area contributed by atoms with E-state index in [4.69, 9.17) is 24.1 Å². The summed E-state index contributed by atoms with van der Waals surface area (Å²) in [7, 11) is 0. The molecule has 2 N–H and O–H groups in total. The van der Waals surface area contributed by atoms with Crippen molar-refractivity contribution in [3.8, 4) is 0 Å². The highest BCUT2D eigenvalue weighted by atomic mass is 16.6. The fourth-order valence-electron chi connectivity index (χ4n) is 2.36. The summed E-state index contributed by atoms with van der Waals surface area (Å²) in [6.45, 7) is 5.41. The fourth-order valence-corrected chi connectivity index (χ4v) is 2.36. The highest BCUT2D eigenvalue weighted by Gasteiger charge is 2.23. The molecule has 0 aromatic carbocycles. The third-order valence-electron chi connectivity index (χ3n) is 3.99. The molecule has 0 aromatic rings. The Hall–Kier alpha value is -2.46. The molecule has 0 amide bonds. The molecule has 10 nitrogen and oxygen atoms in total. The van der Waals surface area contributed by atoms with Gasteiger partial charge >= 0.3 is 23.9 Å². The highest BCUT2D eigenvalue weighted by molar-refractivity contribution is 5.95. The number of carboxylic acids is 2. The lowest BCUT2D eigenvalue weighted by Crippen LogP contribution is -2.18. The van der Waals surface area contributed by atoms with E-state index >= 15 is 0 Å². The summed E-state index contributed by atoms with van der Waals surface area (Å²) in [5, 5.41) is 18.3. The minimum absolute atomic E-state index is 0.0310. The van der Waals surface area contributed by atoms with E-state index in [0.717, 1.165) is 25.7 Å². The Labute approximate surface area is 182 Å². The lowest BCUT2D eigenvalue weighted by atomic mass is 9.99. The van der Waals surface area contributed by atoms with E-state index in [1.807, 2.05) is 13.8 Å². The molecule has 0 aromatic heterocycles. The van der Waals surface area contributed by atoms with Crippen LogP contribution in [0.1, 0.15) is 58.8 Å². The molecule has 31 heavy (non-hydrogen) atoms. The van der Waals surface area contributed by atoms with Crippen LogP contribution >= 0.6 is 0 Å². The van der Waals surface area contributed by atoms with Crippen LogP contribution in [0.25, 0.3) is 0 Å². The third kappa shape index (κ3) is 16.0. The first kappa shape index (κ1) is 28.5. The molecule has 0 aliphatic heterocycles. The molecule has 0 spiro atoms. The number of rotatable bonds is 19. The van der Waals surface area contributed by atoms with E-state index in [1.165, 1.54) is 0 Å². The molecule has 10 heteroatoms. The van der Waals surface area contributed by atoms with Crippen LogP contribution in [0.3, 0.4) is 0 Å². The van der Waals surface area contributed by atoms with Crippen molar-refractivity contribution in [1.29, 1.82) is 0 Å². The van der Waals surface area contributed by atoms with E-state index < -0.39 is 48.7 Å². The molecule has 0 atom stereocenters. The average molecular weight is 446 g/mol. The summed E-state index contributed by atoms with van der Waals surface area (Å²) in [6, 6.07) is 0. The van der Waals surface area contributed by atoms with Crippen molar-refractivity contribution in [2.45, 2.75) is 58.8 Å². The maximum Gasteiger partial charge on any atom is 0.332 e. The molecule has 0 bridgehead atoms. The normalized spacial score (nSPS) is 10.4. The van der Waals surface area contributed by atoms with Crippen molar-refractivity contribution >= 4 is 23.9 Å². The van der Waals surface area contributed by atoms with Crippen molar-refractivity contribution in [1.82, 2.24) is 0 Å². The number of carboxylic acid groups (broad SMARTS) is 2. The Balaban J connectivity index is 4.86. The second-order valence-corrected chi connectivity index (χ2v) is 6.68. The van der Waals surface area contributed by atoms with Gasteiger partial charge in [0, 0.05) is 18.8 Å². The van der Waals surface area contributed by atoms with E-state index in [-0.39, 0.29) is 32.0 Å². The number of carbonyl (C=O) groups is 4. The first-order valence-electron chi connectivity index (χ1n) is 10.4. The molecular formula is C21H34O10. The van der Waals surface area contributed by atoms with Gasteiger partial charge < -0.3 is 29.2 Å². The predicted octanol–water partition coefficient (Wildman–Crippen LogP) is 2.34. The summed E-state index contributed by atoms with van der Waals surface area (Å²) >= 11 is 0. The fraction of sp³-hybridized carbons (Fsp3) is 0.714. The molecule has 178 valence electrons. The number of aliphatic carboxylic acids is 2. The molecule has 0 aliphatic carbocycles. The zero-order chi connectivity index (χ0) is 23.5. The van der Waals surface area contributed by atoms with Crippen LogP contribution in [0, 0.1) is 0 Å². The van der Waals surface area contributed by atoms with Crippen molar-refractivity contribution in [3.63, 3.8) is 0 Å². The van der Waals surface area contributed by atoms with Gasteiger partial charge in [-0.05, 0) is 18.4 Å². The second-order valence-electron chi connectivity index (χ2n) is 6.68. The van der Waals surface area contributed by atoms with Gasteiger partial charge in [-0.25, -0.2) is 4.79 Å². The van der Waals surface area contributed by atoms with Gasteiger partial charge in [0.15, 0.2) is 0 Å². The van der Waals surface area contributed by atoms with Gasteiger partial charge in [0.25, 0.3) is 0 Å². The molecule has 0 saturated carbocycles. The average Bonchev–Trinajstić information content (AvgIpc) is 2.70. The van der Waals surface area contributed by atoms with Gasteiger partial charge in [-0.1, -0.05) is 26.7 Å². The summed E-state index contributed by atoms with van der Waals surface area (Å²) in [4.78, 5) is 46.7. The van der Waals surface area contributed by atoms with Crippen LogP contribution in [-0.4, -0.2) is 73.7 Å². The molecule has 0 saturated heterocycles. The topological polar surface area (TPSA) is 146 Å². The van der Waals surface area contributed by atoms with Crippen molar-refractivity contribution in [2.24, 2.45) is 0 Å². The standard InChI is InChI=1S/C21H34O10/c1-3-5-7-28-9-11-30-19(24)13-16(17(21(26)27)15-18(22)23)14-20(25)31-12-10-29-8-6-4-2/h3-15H2,1-2H3,(H,22,23)(H,26,27). The van der Waals surface area contributed by atoms with E-state index in [9.17, 15) is 24.3 Å². The lowest BCUT2D eigenvalue weighted by Gasteiger charge is -2.12. The van der Waals surface area contributed by atoms with Crippen molar-refractivity contribution in [2.75, 3.05) is 39.6 Å². The first-order chi connectivity index (χ1) is 14.8. The Morgan fingerprint density at radius 2 is 1.10 bits per heavy atom. The van der Waals surface area contributed by atoms with Crippen LogP contribution in [0.5, 0.6) is 0 Å². The van der Waals surface area contributed by atoms with Crippen molar-refractivity contribution < 1.29 is 48.3 Å². The zero-order valence-corrected chi connectivity index (χ0v) is 18.4. The lowest BCUT2D eigenvalue weighted by molar-refractivity contribution is -0.145. The summed E-state index contributed by atoms with van der Waals surface area (Å²) in [5.41, 5.74) is -0.705. The smallest absolute Gasteiger partial charge is 0.332 e. The zero-order valence-electron chi connectivity index (χ0n) is 18.4. The van der Waals surface area contributed by atoms with Crippen LogP contribution in [0.4, 0.5) is 0 Å². The number of carbonyl (C=O) groups excluding carboxylic acids is 2. The SMILES string of the molecule is CCCCOCCOC(=O)CC(CC(=O)OCCOCCCC)=C(CC(=O)O)C(=O)O. The molecule has 0 radical (unpaired) electrons. The quantitative estimate of drug-likeness (QED) is 0.172. The van der Waals surface area contributed by atoms with E-state index in [2.05, 4.69) is 0 Å². The summed E-state index contributed by atoms with van der Waals surface area (Å²) in [6.07, 6.45) is 1.78. The number of ether oxygens (including phenoxy) is 4. The highest BCUT2D eigenvalue weighted by Crippen LogP contribution is 2.19. The minimum Gasteiger partial charge on any atom is -0.481 e. The van der Waals surface area contributed by atoms with Gasteiger partial charge in [0.05, 0.1) is 32.5 Å². The van der Waals surface area contributed by atoms with Crippen LogP contribution in [0.2, 0.25) is 0 Å². The monoisotopic (exact) mass is 446 g/mol. The molecule has 0 aliphatic rings. The maximum absolute atomic E-state index is 12.1. The van der Waals surface area contributed by atoms with Gasteiger partial charge in [-0.2, -0.15) is 0 Å². The minimum atomic E-state index is -1.52. The predicted molar refractivity (Wildman–Crippen MR) is 110 cm³/mol. The van der Waals surface area contributed by atoms with Crippen LogP contribution in [-0.2, 0) is 38.1 Å². The summed E-state index contributed by atoms with van der Waals surface area (Å²) < 4.78 is 20.5. The van der Waals surface area contributed by atoms with Gasteiger partial charge in [-0.3, -0.25) is 14.4 Å². The first-order valence-corrected chi connectivity index (χ1v) is 10.4. The molecule has 0 heterocycles. The third-order valence-corrected chi connectivity index (χ3v) is 3.99. The number of unbranched alkanes of at least 4 members (excludes halogenated alkanes) is 2. The molecule has 0 rings (SSSR count). The molecular weight excluding hydrogens is 412 g/mol. The Morgan fingerprint density at radius 3 is 1.45 bits per heavy atom. The number of esters is 2. The Morgan fingerprint density at radius 1 is 0.645 bits per heavy atom. The second kappa shape index (κ2) is 18.3. The summed E-state index contributed by atoms with van der Waals surface area (Å²) in [5.74, 6) is -4.49. The molecule has 0 unspecified atom stereocenters. The Kier molecular flexibility index (Phi) is 16.9. The van der Waals surface area contributed by atoms with Crippen molar-refractivity contribution in [3.05, 3.63) is 11.1 Å². The number of hydrogen-bond acceptors (Lipinski definition) is 8. The van der Waals surface area contributed by atoms with Gasteiger partial charge in [0.1, 0.15) is 13.2 Å².